The SMILES string of the molecule is C=CCNC(=O)CCSC(c1ccccc1)(c1ccccc1)c1ccccc1. The minimum Gasteiger partial charge on any atom is -0.353 e. The number of nitrogens with one attached hydrogen (secondary N) is 1. The molecule has 0 fully saturated rings. The molecule has 0 unspecified atom stereocenters. The zero-order chi connectivity index (χ0) is 19.7. The number of hydrogen-bond acceptors (Lipinski definition) is 2. The van der Waals surface area contributed by atoms with Gasteiger partial charge in [-0.1, -0.05) is 97.1 Å². The summed E-state index contributed by atoms with van der Waals surface area (Å²) in [6, 6.07) is 31.6. The zero-order valence-corrected chi connectivity index (χ0v) is 16.7. The van der Waals surface area contributed by atoms with E-state index >= 15 is 0 Å². The van der Waals surface area contributed by atoms with E-state index in [2.05, 4.69) is 84.7 Å². The molecule has 0 aliphatic rings. The van der Waals surface area contributed by atoms with Gasteiger partial charge in [-0.15, -0.1) is 18.3 Å². The quantitative estimate of drug-likeness (QED) is 0.393. The molecule has 0 saturated heterocycles. The third-order valence-corrected chi connectivity index (χ3v) is 6.18. The summed E-state index contributed by atoms with van der Waals surface area (Å²) in [6.45, 7) is 4.16. The topological polar surface area (TPSA) is 29.1 Å². The first-order valence-corrected chi connectivity index (χ1v) is 10.4. The Balaban J connectivity index is 2.01. The van der Waals surface area contributed by atoms with Gasteiger partial charge in [0.2, 0.25) is 5.91 Å². The Morgan fingerprint density at radius 3 is 1.64 bits per heavy atom. The number of rotatable bonds is 9. The van der Waals surface area contributed by atoms with Gasteiger partial charge in [0.1, 0.15) is 0 Å². The molecule has 0 aliphatic heterocycles. The van der Waals surface area contributed by atoms with Crippen molar-refractivity contribution in [3.05, 3.63) is 120 Å². The van der Waals surface area contributed by atoms with Gasteiger partial charge in [-0.2, -0.15) is 0 Å². The molecule has 0 heterocycles. The van der Waals surface area contributed by atoms with Gasteiger partial charge < -0.3 is 5.32 Å². The van der Waals surface area contributed by atoms with Crippen molar-refractivity contribution in [1.29, 1.82) is 0 Å². The molecule has 28 heavy (non-hydrogen) atoms. The molecule has 3 aromatic rings. The largest absolute Gasteiger partial charge is 0.353 e. The van der Waals surface area contributed by atoms with Gasteiger partial charge in [0, 0.05) is 18.7 Å². The molecule has 0 aromatic heterocycles. The van der Waals surface area contributed by atoms with Gasteiger partial charge in [0.25, 0.3) is 0 Å². The molecule has 0 bridgehead atoms. The normalized spacial score (nSPS) is 11.0. The highest BCUT2D eigenvalue weighted by atomic mass is 32.2. The van der Waals surface area contributed by atoms with E-state index in [1.54, 1.807) is 17.8 Å². The van der Waals surface area contributed by atoms with E-state index in [0.29, 0.717) is 18.7 Å². The third-order valence-electron chi connectivity index (χ3n) is 4.63. The Morgan fingerprint density at radius 2 is 1.25 bits per heavy atom. The summed E-state index contributed by atoms with van der Waals surface area (Å²) >= 11 is 1.80. The lowest BCUT2D eigenvalue weighted by atomic mass is 9.84. The van der Waals surface area contributed by atoms with Crippen molar-refractivity contribution in [1.82, 2.24) is 5.32 Å². The summed E-state index contributed by atoms with van der Waals surface area (Å²) in [4.78, 5) is 12.1. The van der Waals surface area contributed by atoms with Crippen molar-refractivity contribution >= 4 is 17.7 Å². The standard InChI is InChI=1S/C25H25NOS/c1-2-19-26-24(27)18-20-28-25(21-12-6-3-7-13-21,22-14-8-4-9-15-22)23-16-10-5-11-17-23/h2-17H,1,18-20H2,(H,26,27). The summed E-state index contributed by atoms with van der Waals surface area (Å²) in [7, 11) is 0. The number of amides is 1. The van der Waals surface area contributed by atoms with Crippen molar-refractivity contribution in [3.63, 3.8) is 0 Å². The molecule has 2 nitrogen and oxygen atoms in total. The van der Waals surface area contributed by atoms with Crippen molar-refractivity contribution in [3.8, 4) is 0 Å². The maximum absolute atomic E-state index is 12.1. The first-order valence-electron chi connectivity index (χ1n) is 9.45. The van der Waals surface area contributed by atoms with Gasteiger partial charge in [-0.05, 0) is 16.7 Å². The molecule has 3 aromatic carbocycles. The molecule has 0 atom stereocenters. The van der Waals surface area contributed by atoms with E-state index in [-0.39, 0.29) is 10.7 Å². The smallest absolute Gasteiger partial charge is 0.221 e. The molecule has 0 radical (unpaired) electrons. The number of carbonyl (C=O) groups excluding carboxylic acids is 1. The Hall–Kier alpha value is -2.78. The Bertz CT molecular complexity index is 782. The Labute approximate surface area is 171 Å². The highest BCUT2D eigenvalue weighted by molar-refractivity contribution is 8.00. The van der Waals surface area contributed by atoms with Crippen molar-refractivity contribution in [2.24, 2.45) is 0 Å². The second kappa shape index (κ2) is 9.95. The van der Waals surface area contributed by atoms with Crippen LogP contribution in [0.1, 0.15) is 23.1 Å². The van der Waals surface area contributed by atoms with Gasteiger partial charge in [-0.25, -0.2) is 0 Å². The highest BCUT2D eigenvalue weighted by Crippen LogP contribution is 2.48. The van der Waals surface area contributed by atoms with Crippen LogP contribution in [0.2, 0.25) is 0 Å². The van der Waals surface area contributed by atoms with E-state index in [1.807, 2.05) is 18.2 Å². The van der Waals surface area contributed by atoms with E-state index in [0.717, 1.165) is 0 Å². The van der Waals surface area contributed by atoms with E-state index in [9.17, 15) is 4.79 Å². The second-order valence-electron chi connectivity index (χ2n) is 6.47. The minimum absolute atomic E-state index is 0.0514. The van der Waals surface area contributed by atoms with E-state index in [1.165, 1.54) is 16.7 Å². The fraction of sp³-hybridized carbons (Fsp3) is 0.160. The van der Waals surface area contributed by atoms with Gasteiger partial charge >= 0.3 is 0 Å². The fourth-order valence-electron chi connectivity index (χ4n) is 3.34. The number of thioether (sulfide) groups is 1. The van der Waals surface area contributed by atoms with E-state index in [4.69, 9.17) is 0 Å². The van der Waals surface area contributed by atoms with Crippen LogP contribution >= 0.6 is 11.8 Å². The van der Waals surface area contributed by atoms with Crippen LogP contribution in [0.5, 0.6) is 0 Å². The van der Waals surface area contributed by atoms with Crippen LogP contribution in [-0.2, 0) is 9.54 Å². The van der Waals surface area contributed by atoms with Gasteiger partial charge in [0.05, 0.1) is 4.75 Å². The number of carbonyl (C=O) groups is 1. The molecule has 0 spiro atoms. The Kier molecular flexibility index (Phi) is 7.10. The van der Waals surface area contributed by atoms with Crippen LogP contribution in [0.15, 0.2) is 104 Å². The van der Waals surface area contributed by atoms with Crippen LogP contribution < -0.4 is 5.32 Å². The number of hydrogen-bond donors (Lipinski definition) is 1. The monoisotopic (exact) mass is 387 g/mol. The summed E-state index contributed by atoms with van der Waals surface area (Å²) < 4.78 is -0.373. The average molecular weight is 388 g/mol. The molecular formula is C25H25NOS. The average Bonchev–Trinajstić information content (AvgIpc) is 2.77. The molecule has 0 aliphatic carbocycles. The fourth-order valence-corrected chi connectivity index (χ4v) is 4.84. The van der Waals surface area contributed by atoms with Crippen LogP contribution in [-0.4, -0.2) is 18.2 Å². The van der Waals surface area contributed by atoms with Crippen LogP contribution in [0.4, 0.5) is 0 Å². The van der Waals surface area contributed by atoms with Crippen LogP contribution in [0.3, 0.4) is 0 Å². The predicted octanol–water partition coefficient (Wildman–Crippen LogP) is 5.40. The maximum atomic E-state index is 12.1. The second-order valence-corrected chi connectivity index (χ2v) is 7.78. The summed E-state index contributed by atoms with van der Waals surface area (Å²) in [5.74, 6) is 0.761. The number of benzene rings is 3. The molecule has 142 valence electrons. The summed E-state index contributed by atoms with van der Waals surface area (Å²) in [5, 5.41) is 2.87. The molecular weight excluding hydrogens is 362 g/mol. The zero-order valence-electron chi connectivity index (χ0n) is 15.9. The lowest BCUT2D eigenvalue weighted by Gasteiger charge is -2.35. The molecule has 1 amide bonds. The van der Waals surface area contributed by atoms with E-state index < -0.39 is 0 Å². The minimum atomic E-state index is -0.373. The van der Waals surface area contributed by atoms with Crippen molar-refractivity contribution < 1.29 is 4.79 Å². The van der Waals surface area contributed by atoms with Gasteiger partial charge in [0.15, 0.2) is 0 Å². The maximum Gasteiger partial charge on any atom is 0.221 e. The summed E-state index contributed by atoms with van der Waals surface area (Å²) in [5.41, 5.74) is 3.64. The third kappa shape index (κ3) is 4.55. The Morgan fingerprint density at radius 1 is 0.821 bits per heavy atom. The molecule has 3 rings (SSSR count). The van der Waals surface area contributed by atoms with Crippen LogP contribution in [0.25, 0.3) is 0 Å². The first kappa shape index (κ1) is 20.0. The van der Waals surface area contributed by atoms with Crippen molar-refractivity contribution in [2.45, 2.75) is 11.2 Å². The lowest BCUT2D eigenvalue weighted by molar-refractivity contribution is -0.120. The molecule has 1 N–H and O–H groups in total. The summed E-state index contributed by atoms with van der Waals surface area (Å²) in [6.07, 6.45) is 2.17. The van der Waals surface area contributed by atoms with Crippen LogP contribution in [0, 0.1) is 0 Å². The first-order chi connectivity index (χ1) is 13.8. The molecule has 3 heteroatoms. The molecule has 0 saturated carbocycles. The predicted molar refractivity (Wildman–Crippen MR) is 119 cm³/mol. The van der Waals surface area contributed by atoms with Gasteiger partial charge in [-0.3, -0.25) is 4.79 Å². The van der Waals surface area contributed by atoms with Crippen molar-refractivity contribution in [2.75, 3.05) is 12.3 Å². The lowest BCUT2D eigenvalue weighted by Crippen LogP contribution is -2.28. The highest BCUT2D eigenvalue weighted by Gasteiger charge is 2.36.